The van der Waals surface area contributed by atoms with Gasteiger partial charge in [0.1, 0.15) is 0 Å². The van der Waals surface area contributed by atoms with Crippen molar-refractivity contribution < 1.29 is 9.32 Å². The highest BCUT2D eigenvalue weighted by molar-refractivity contribution is 7.13. The highest BCUT2D eigenvalue weighted by Gasteiger charge is 2.33. The minimum atomic E-state index is 0.335. The van der Waals surface area contributed by atoms with Crippen molar-refractivity contribution in [2.45, 2.75) is 82.7 Å². The molecule has 6 heteroatoms. The van der Waals surface area contributed by atoms with Crippen molar-refractivity contribution in [3.63, 3.8) is 0 Å². The van der Waals surface area contributed by atoms with Gasteiger partial charge in [0.2, 0.25) is 17.6 Å². The summed E-state index contributed by atoms with van der Waals surface area (Å²) < 4.78 is 5.35. The highest BCUT2D eigenvalue weighted by Crippen LogP contribution is 2.32. The van der Waals surface area contributed by atoms with Gasteiger partial charge in [-0.25, -0.2) is 0 Å². The monoisotopic (exact) mass is 373 g/mol. The number of hydrogen-bond donors (Lipinski definition) is 0. The quantitative estimate of drug-likeness (QED) is 0.697. The average Bonchev–Trinajstić information content (AvgIpc) is 3.42. The largest absolute Gasteiger partial charge is 0.339 e. The van der Waals surface area contributed by atoms with Gasteiger partial charge in [-0.3, -0.25) is 4.79 Å². The second-order valence-corrected chi connectivity index (χ2v) is 8.47. The zero-order chi connectivity index (χ0) is 17.8. The Morgan fingerprint density at radius 1 is 1.15 bits per heavy atom. The van der Waals surface area contributed by atoms with E-state index in [1.54, 1.807) is 11.3 Å². The summed E-state index contributed by atoms with van der Waals surface area (Å²) in [7, 11) is 0. The SMILES string of the molecule is O=C(CCCc1nc(-c2cccs2)no1)N(C1CCCC1)C1CCCC1. The van der Waals surface area contributed by atoms with Gasteiger partial charge in [-0.1, -0.05) is 36.9 Å². The van der Waals surface area contributed by atoms with E-state index in [2.05, 4.69) is 15.0 Å². The van der Waals surface area contributed by atoms with Crippen LogP contribution in [0.25, 0.3) is 10.7 Å². The van der Waals surface area contributed by atoms with Crippen LogP contribution in [0.4, 0.5) is 0 Å². The van der Waals surface area contributed by atoms with Crippen LogP contribution < -0.4 is 0 Å². The summed E-state index contributed by atoms with van der Waals surface area (Å²) in [5, 5.41) is 6.05. The summed E-state index contributed by atoms with van der Waals surface area (Å²) >= 11 is 1.60. The lowest BCUT2D eigenvalue weighted by atomic mass is 10.1. The van der Waals surface area contributed by atoms with Gasteiger partial charge < -0.3 is 9.42 Å². The molecule has 0 aliphatic heterocycles. The van der Waals surface area contributed by atoms with E-state index >= 15 is 0 Å². The van der Waals surface area contributed by atoms with Crippen LogP contribution in [0.5, 0.6) is 0 Å². The number of rotatable bonds is 7. The third kappa shape index (κ3) is 4.00. The van der Waals surface area contributed by atoms with E-state index in [0.717, 1.165) is 11.3 Å². The summed E-state index contributed by atoms with van der Waals surface area (Å²) in [6, 6.07) is 4.94. The molecule has 0 saturated heterocycles. The summed E-state index contributed by atoms with van der Waals surface area (Å²) in [6.07, 6.45) is 11.9. The fraction of sp³-hybridized carbons (Fsp3) is 0.650. The van der Waals surface area contributed by atoms with E-state index < -0.39 is 0 Å². The fourth-order valence-electron chi connectivity index (χ4n) is 4.45. The molecular weight excluding hydrogens is 346 g/mol. The molecule has 140 valence electrons. The maximum Gasteiger partial charge on any atom is 0.226 e. The molecule has 2 aliphatic carbocycles. The minimum absolute atomic E-state index is 0.335. The summed E-state index contributed by atoms with van der Waals surface area (Å²) in [5.41, 5.74) is 0. The smallest absolute Gasteiger partial charge is 0.226 e. The van der Waals surface area contributed by atoms with Crippen molar-refractivity contribution in [3.8, 4) is 10.7 Å². The van der Waals surface area contributed by atoms with Gasteiger partial charge in [-0.05, 0) is 43.6 Å². The number of carbonyl (C=O) groups is 1. The van der Waals surface area contributed by atoms with E-state index in [-0.39, 0.29) is 0 Å². The lowest BCUT2D eigenvalue weighted by molar-refractivity contribution is -0.136. The molecule has 2 aromatic rings. The van der Waals surface area contributed by atoms with Crippen molar-refractivity contribution >= 4 is 17.2 Å². The number of hydrogen-bond acceptors (Lipinski definition) is 5. The standard InChI is InChI=1S/C20H27N3O2S/c24-19(23(15-7-1-2-8-15)16-9-3-4-10-16)13-5-12-18-21-20(22-25-18)17-11-6-14-26-17/h6,11,14-16H,1-5,7-10,12-13H2. The number of nitrogens with zero attached hydrogens (tertiary/aromatic N) is 3. The first-order valence-electron chi connectivity index (χ1n) is 9.99. The highest BCUT2D eigenvalue weighted by atomic mass is 32.1. The molecule has 0 radical (unpaired) electrons. The Balaban J connectivity index is 1.32. The number of carbonyl (C=O) groups excluding carboxylic acids is 1. The molecule has 1 amide bonds. The Morgan fingerprint density at radius 2 is 1.85 bits per heavy atom. The lowest BCUT2D eigenvalue weighted by Gasteiger charge is -2.34. The topological polar surface area (TPSA) is 59.2 Å². The zero-order valence-corrected chi connectivity index (χ0v) is 16.0. The normalized spacial score (nSPS) is 18.6. The molecule has 0 aromatic carbocycles. The maximum atomic E-state index is 13.0. The molecule has 2 fully saturated rings. The Bertz CT molecular complexity index is 684. The molecule has 0 atom stereocenters. The Kier molecular flexibility index (Phi) is 5.68. The van der Waals surface area contributed by atoms with Crippen molar-refractivity contribution in [2.75, 3.05) is 0 Å². The van der Waals surface area contributed by atoms with E-state index in [0.29, 0.717) is 42.5 Å². The van der Waals surface area contributed by atoms with E-state index in [9.17, 15) is 4.79 Å². The molecule has 2 aliphatic rings. The van der Waals surface area contributed by atoms with Gasteiger partial charge in [0.05, 0.1) is 4.88 Å². The fourth-order valence-corrected chi connectivity index (χ4v) is 5.10. The predicted octanol–water partition coefficient (Wildman–Crippen LogP) is 4.83. The first kappa shape index (κ1) is 17.7. The van der Waals surface area contributed by atoms with E-state index in [4.69, 9.17) is 4.52 Å². The number of thiophene rings is 1. The van der Waals surface area contributed by atoms with Crippen LogP contribution in [0.2, 0.25) is 0 Å². The van der Waals surface area contributed by atoms with Gasteiger partial charge in [0, 0.05) is 24.9 Å². The second-order valence-electron chi connectivity index (χ2n) is 7.52. The Hall–Kier alpha value is -1.69. The van der Waals surface area contributed by atoms with Crippen LogP contribution in [0.1, 0.15) is 70.1 Å². The number of amides is 1. The van der Waals surface area contributed by atoms with E-state index in [1.807, 2.05) is 17.5 Å². The third-order valence-corrected chi connectivity index (χ3v) is 6.58. The zero-order valence-electron chi connectivity index (χ0n) is 15.2. The van der Waals surface area contributed by atoms with Gasteiger partial charge in [-0.2, -0.15) is 4.98 Å². The first-order valence-corrected chi connectivity index (χ1v) is 10.9. The summed E-state index contributed by atoms with van der Waals surface area (Å²) in [6.45, 7) is 0. The number of aryl methyl sites for hydroxylation is 1. The predicted molar refractivity (Wildman–Crippen MR) is 102 cm³/mol. The lowest BCUT2D eigenvalue weighted by Crippen LogP contribution is -2.45. The van der Waals surface area contributed by atoms with E-state index in [1.165, 1.54) is 51.4 Å². The van der Waals surface area contributed by atoms with Crippen LogP contribution in [0.15, 0.2) is 22.0 Å². The number of aromatic nitrogens is 2. The van der Waals surface area contributed by atoms with Crippen LogP contribution in [0, 0.1) is 0 Å². The molecule has 0 N–H and O–H groups in total. The minimum Gasteiger partial charge on any atom is -0.339 e. The van der Waals surface area contributed by atoms with Crippen LogP contribution in [0.3, 0.4) is 0 Å². The third-order valence-electron chi connectivity index (χ3n) is 5.72. The van der Waals surface area contributed by atoms with Crippen LogP contribution >= 0.6 is 11.3 Å². The Labute approximate surface area is 158 Å². The molecular formula is C20H27N3O2S. The molecule has 26 heavy (non-hydrogen) atoms. The van der Waals surface area contributed by atoms with Crippen molar-refractivity contribution in [3.05, 3.63) is 23.4 Å². The summed E-state index contributed by atoms with van der Waals surface area (Å²) in [4.78, 5) is 20.7. The molecule has 5 nitrogen and oxygen atoms in total. The molecule has 0 spiro atoms. The van der Waals surface area contributed by atoms with Gasteiger partial charge in [0.25, 0.3) is 0 Å². The molecule has 2 heterocycles. The van der Waals surface area contributed by atoms with Crippen LogP contribution in [-0.2, 0) is 11.2 Å². The van der Waals surface area contributed by atoms with Gasteiger partial charge >= 0.3 is 0 Å². The average molecular weight is 374 g/mol. The van der Waals surface area contributed by atoms with Crippen molar-refractivity contribution in [1.82, 2.24) is 15.0 Å². The molecule has 4 rings (SSSR count). The molecule has 2 saturated carbocycles. The van der Waals surface area contributed by atoms with Gasteiger partial charge in [0.15, 0.2) is 0 Å². The molecule has 0 bridgehead atoms. The Morgan fingerprint density at radius 3 is 2.46 bits per heavy atom. The molecule has 2 aromatic heterocycles. The first-order chi connectivity index (χ1) is 12.8. The molecule has 0 unspecified atom stereocenters. The van der Waals surface area contributed by atoms with Crippen LogP contribution in [-0.4, -0.2) is 33.0 Å². The second kappa shape index (κ2) is 8.33. The van der Waals surface area contributed by atoms with Crippen molar-refractivity contribution in [1.29, 1.82) is 0 Å². The summed E-state index contributed by atoms with van der Waals surface area (Å²) in [5.74, 6) is 1.62. The van der Waals surface area contributed by atoms with Gasteiger partial charge in [-0.15, -0.1) is 11.3 Å². The maximum absolute atomic E-state index is 13.0. The van der Waals surface area contributed by atoms with Crippen molar-refractivity contribution in [2.24, 2.45) is 0 Å².